The van der Waals surface area contributed by atoms with Crippen molar-refractivity contribution in [1.29, 1.82) is 0 Å². The van der Waals surface area contributed by atoms with Crippen molar-refractivity contribution in [1.82, 2.24) is 5.32 Å². The zero-order valence-electron chi connectivity index (χ0n) is 17.0. The van der Waals surface area contributed by atoms with Gasteiger partial charge in [-0.05, 0) is 24.6 Å². The van der Waals surface area contributed by atoms with Gasteiger partial charge in [-0.25, -0.2) is 9.18 Å². The zero-order chi connectivity index (χ0) is 21.8. The van der Waals surface area contributed by atoms with Crippen molar-refractivity contribution in [2.75, 3.05) is 6.61 Å². The van der Waals surface area contributed by atoms with Gasteiger partial charge in [0.05, 0.1) is 18.4 Å². The normalized spacial score (nSPS) is 24.9. The minimum Gasteiger partial charge on any atom is -0.459 e. The highest BCUT2D eigenvalue weighted by molar-refractivity contribution is 6.05. The lowest BCUT2D eigenvalue weighted by molar-refractivity contribution is -0.155. The van der Waals surface area contributed by atoms with Crippen LogP contribution in [0.1, 0.15) is 30.9 Å². The van der Waals surface area contributed by atoms with Crippen molar-refractivity contribution in [3.05, 3.63) is 71.5 Å². The predicted molar refractivity (Wildman–Crippen MR) is 110 cm³/mol. The Labute approximate surface area is 179 Å². The van der Waals surface area contributed by atoms with Crippen molar-refractivity contribution in [3.8, 4) is 0 Å². The Morgan fingerprint density at radius 1 is 1.23 bits per heavy atom. The molecule has 0 spiro atoms. The minimum atomic E-state index is -1.21. The number of amides is 1. The Bertz CT molecular complexity index is 996. The van der Waals surface area contributed by atoms with Crippen LogP contribution >= 0.6 is 0 Å². The largest absolute Gasteiger partial charge is 0.459 e. The van der Waals surface area contributed by atoms with Gasteiger partial charge in [-0.3, -0.25) is 4.79 Å². The number of nitrogens with one attached hydrogen (secondary N) is 1. The van der Waals surface area contributed by atoms with Crippen molar-refractivity contribution in [3.63, 3.8) is 0 Å². The van der Waals surface area contributed by atoms with E-state index in [9.17, 15) is 14.0 Å². The van der Waals surface area contributed by atoms with Crippen LogP contribution in [0.5, 0.6) is 0 Å². The summed E-state index contributed by atoms with van der Waals surface area (Å²) in [6.07, 6.45) is -0.212. The fraction of sp³-hybridized carbons (Fsp3) is 0.348. The summed E-state index contributed by atoms with van der Waals surface area (Å²) in [6, 6.07) is 15.0. The van der Waals surface area contributed by atoms with E-state index >= 15 is 0 Å². The highest BCUT2D eigenvalue weighted by Crippen LogP contribution is 2.28. The molecule has 3 atom stereocenters. The first-order valence-electron chi connectivity index (χ1n) is 10.1. The molecule has 2 unspecified atom stereocenters. The third-order valence-electron chi connectivity index (χ3n) is 5.32. The number of hydrogen-bond donors (Lipinski definition) is 1. The second kappa shape index (κ2) is 8.85. The number of benzene rings is 2. The van der Waals surface area contributed by atoms with Gasteiger partial charge in [-0.1, -0.05) is 47.6 Å². The Balaban J connectivity index is 1.27. The molecular formula is C23H23FN2O5. The third-order valence-corrected chi connectivity index (χ3v) is 5.32. The molecule has 0 saturated carbocycles. The number of rotatable bonds is 6. The molecule has 2 aromatic rings. The van der Waals surface area contributed by atoms with Crippen LogP contribution in [-0.4, -0.2) is 41.9 Å². The lowest BCUT2D eigenvalue weighted by Crippen LogP contribution is -2.49. The summed E-state index contributed by atoms with van der Waals surface area (Å²) in [5.41, 5.74) is 0.747. The number of nitrogens with zero attached hydrogens (tertiary/aromatic N) is 1. The molecule has 4 rings (SSSR count). The summed E-state index contributed by atoms with van der Waals surface area (Å²) >= 11 is 0. The van der Waals surface area contributed by atoms with Gasteiger partial charge in [0.25, 0.3) is 5.91 Å². The van der Waals surface area contributed by atoms with Crippen LogP contribution in [0.25, 0.3) is 0 Å². The molecule has 1 fully saturated rings. The molecule has 1 amide bonds. The van der Waals surface area contributed by atoms with E-state index in [1.807, 2.05) is 30.3 Å². The fourth-order valence-corrected chi connectivity index (χ4v) is 3.54. The molecule has 2 heterocycles. The highest BCUT2D eigenvalue weighted by Gasteiger charge is 2.44. The van der Waals surface area contributed by atoms with Gasteiger partial charge in [0.2, 0.25) is 5.60 Å². The Kier molecular flexibility index (Phi) is 5.99. The topological polar surface area (TPSA) is 86.2 Å². The molecule has 0 aromatic heterocycles. The molecule has 0 aliphatic carbocycles. The molecular weight excluding hydrogens is 403 g/mol. The summed E-state index contributed by atoms with van der Waals surface area (Å²) in [5, 5.41) is 6.84. The van der Waals surface area contributed by atoms with Gasteiger partial charge in [0.15, 0.2) is 6.10 Å². The maximum absolute atomic E-state index is 13.5. The van der Waals surface area contributed by atoms with Crippen LogP contribution < -0.4 is 5.32 Å². The Hall–Kier alpha value is -3.26. The fourth-order valence-electron chi connectivity index (χ4n) is 3.54. The summed E-state index contributed by atoms with van der Waals surface area (Å²) in [6.45, 7) is 1.99. The van der Waals surface area contributed by atoms with Crippen LogP contribution in [0.3, 0.4) is 0 Å². The first-order valence-corrected chi connectivity index (χ1v) is 10.1. The second-order valence-corrected chi connectivity index (χ2v) is 7.87. The molecule has 31 heavy (non-hydrogen) atoms. The van der Waals surface area contributed by atoms with E-state index in [-0.39, 0.29) is 37.4 Å². The number of carbonyl (C=O) groups excluding carboxylic acids is 2. The standard InChI is InChI=1S/C23H23FN2O5/c1-23(12-19(26-31-23)16-8-5-9-17(24)10-16)22(28)25-18-11-20(29-14-18)21(27)30-13-15-6-3-2-4-7-15/h2-10,18,20H,11-14H2,1H3,(H,25,28)/t18?,20?,23-/m1/s1. The van der Waals surface area contributed by atoms with E-state index in [0.717, 1.165) is 5.56 Å². The van der Waals surface area contributed by atoms with Crippen LogP contribution in [0.2, 0.25) is 0 Å². The highest BCUT2D eigenvalue weighted by atomic mass is 19.1. The van der Waals surface area contributed by atoms with Gasteiger partial charge in [0, 0.05) is 18.4 Å². The zero-order valence-corrected chi connectivity index (χ0v) is 17.0. The van der Waals surface area contributed by atoms with Crippen LogP contribution in [0, 0.1) is 5.82 Å². The number of carbonyl (C=O) groups is 2. The van der Waals surface area contributed by atoms with Gasteiger partial charge in [-0.2, -0.15) is 0 Å². The van der Waals surface area contributed by atoms with E-state index < -0.39 is 17.7 Å². The molecule has 1 saturated heterocycles. The molecule has 2 aliphatic heterocycles. The molecule has 0 radical (unpaired) electrons. The number of oxime groups is 1. The maximum atomic E-state index is 13.5. The molecule has 0 bridgehead atoms. The maximum Gasteiger partial charge on any atom is 0.335 e. The van der Waals surface area contributed by atoms with Crippen molar-refractivity contribution >= 4 is 17.6 Å². The van der Waals surface area contributed by atoms with Crippen LogP contribution in [0.15, 0.2) is 59.8 Å². The molecule has 1 N–H and O–H groups in total. The van der Waals surface area contributed by atoms with Gasteiger partial charge in [0.1, 0.15) is 12.4 Å². The first kappa shape index (κ1) is 21.0. The second-order valence-electron chi connectivity index (χ2n) is 7.87. The molecule has 162 valence electrons. The van der Waals surface area contributed by atoms with E-state index in [0.29, 0.717) is 17.7 Å². The Morgan fingerprint density at radius 2 is 2.03 bits per heavy atom. The quantitative estimate of drug-likeness (QED) is 0.718. The lowest BCUT2D eigenvalue weighted by Gasteiger charge is -2.22. The number of halogens is 1. The van der Waals surface area contributed by atoms with E-state index in [2.05, 4.69) is 10.5 Å². The van der Waals surface area contributed by atoms with Gasteiger partial charge >= 0.3 is 5.97 Å². The summed E-state index contributed by atoms with van der Waals surface area (Å²) in [5.74, 6) is -1.21. The third kappa shape index (κ3) is 4.91. The summed E-state index contributed by atoms with van der Waals surface area (Å²) < 4.78 is 24.3. The van der Waals surface area contributed by atoms with Crippen LogP contribution in [-0.2, 0) is 30.5 Å². The molecule has 7 nitrogen and oxygen atoms in total. The lowest BCUT2D eigenvalue weighted by atomic mass is 9.94. The van der Waals surface area contributed by atoms with Gasteiger partial charge in [-0.15, -0.1) is 0 Å². The molecule has 8 heteroatoms. The first-order chi connectivity index (χ1) is 14.9. The average Bonchev–Trinajstić information content (AvgIpc) is 3.40. The summed E-state index contributed by atoms with van der Waals surface area (Å²) in [7, 11) is 0. The monoisotopic (exact) mass is 426 g/mol. The molecule has 2 aromatic carbocycles. The van der Waals surface area contributed by atoms with Crippen molar-refractivity contribution < 1.29 is 28.3 Å². The summed E-state index contributed by atoms with van der Waals surface area (Å²) in [4.78, 5) is 30.5. The van der Waals surface area contributed by atoms with Crippen molar-refractivity contribution in [2.45, 2.75) is 44.1 Å². The van der Waals surface area contributed by atoms with E-state index in [1.165, 1.54) is 12.1 Å². The van der Waals surface area contributed by atoms with E-state index in [4.69, 9.17) is 14.3 Å². The number of ether oxygens (including phenoxy) is 2. The van der Waals surface area contributed by atoms with Crippen molar-refractivity contribution in [2.24, 2.45) is 5.16 Å². The molecule has 2 aliphatic rings. The average molecular weight is 426 g/mol. The number of hydrogen-bond acceptors (Lipinski definition) is 6. The Morgan fingerprint density at radius 3 is 2.81 bits per heavy atom. The smallest absolute Gasteiger partial charge is 0.335 e. The number of esters is 1. The van der Waals surface area contributed by atoms with E-state index in [1.54, 1.807) is 19.1 Å². The predicted octanol–water partition coefficient (Wildman–Crippen LogP) is 2.73. The van der Waals surface area contributed by atoms with Gasteiger partial charge < -0.3 is 19.6 Å². The van der Waals surface area contributed by atoms with Crippen LogP contribution in [0.4, 0.5) is 4.39 Å². The SMILES string of the molecule is C[C@]1(C(=O)NC2COC(C(=O)OCc3ccccc3)C2)CC(c2cccc(F)c2)=NO1. The minimum absolute atomic E-state index is 0.169.